The minimum Gasteiger partial charge on any atom is -0.496 e. The van der Waals surface area contributed by atoms with Crippen LogP contribution in [0, 0.1) is 0 Å². The third-order valence-corrected chi connectivity index (χ3v) is 5.07. The van der Waals surface area contributed by atoms with E-state index >= 15 is 0 Å². The Bertz CT molecular complexity index is 1180. The van der Waals surface area contributed by atoms with Gasteiger partial charge in [-0.05, 0) is 24.3 Å². The summed E-state index contributed by atoms with van der Waals surface area (Å²) in [6, 6.07) is 7.11. The largest absolute Gasteiger partial charge is 0.496 e. The number of hydrogen-bond acceptors (Lipinski definition) is 9. The van der Waals surface area contributed by atoms with Crippen molar-refractivity contribution in [1.29, 1.82) is 0 Å². The Kier molecular flexibility index (Phi) is 8.12. The van der Waals surface area contributed by atoms with Gasteiger partial charge >= 0.3 is 12.1 Å². The monoisotopic (exact) mass is 506 g/mol. The molecule has 13 heteroatoms. The molecule has 0 spiro atoms. The number of carboxylic acid groups (broad SMARTS) is 1. The summed E-state index contributed by atoms with van der Waals surface area (Å²) in [6.07, 6.45) is -4.98. The van der Waals surface area contributed by atoms with E-state index in [2.05, 4.69) is 25.5 Å². The number of nitrogens with zero attached hydrogens (tertiary/aromatic N) is 5. The van der Waals surface area contributed by atoms with Gasteiger partial charge in [0.05, 0.1) is 31.9 Å². The van der Waals surface area contributed by atoms with Crippen LogP contribution in [0.2, 0.25) is 0 Å². The normalized spacial score (nSPS) is 12.1. The molecule has 2 N–H and O–H groups in total. The molecule has 2 heterocycles. The van der Waals surface area contributed by atoms with Crippen LogP contribution in [-0.2, 0) is 17.6 Å². The van der Waals surface area contributed by atoms with E-state index in [1.54, 1.807) is 44.4 Å². The summed E-state index contributed by atoms with van der Waals surface area (Å²) in [7, 11) is 6.24. The van der Waals surface area contributed by atoms with Gasteiger partial charge in [-0.2, -0.15) is 23.3 Å². The van der Waals surface area contributed by atoms with Crippen molar-refractivity contribution in [1.82, 2.24) is 20.2 Å². The predicted octanol–water partition coefficient (Wildman–Crippen LogP) is 3.23. The van der Waals surface area contributed by atoms with Crippen molar-refractivity contribution < 1.29 is 32.5 Å². The molecule has 0 amide bonds. The lowest BCUT2D eigenvalue weighted by Gasteiger charge is -2.20. The Hall–Kier alpha value is -4.16. The van der Waals surface area contributed by atoms with E-state index in [0.29, 0.717) is 28.5 Å². The summed E-state index contributed by atoms with van der Waals surface area (Å²) in [5.74, 6) is -0.363. The number of benzene rings is 1. The van der Waals surface area contributed by atoms with Crippen molar-refractivity contribution in [2.24, 2.45) is 0 Å². The average molecular weight is 506 g/mol. The van der Waals surface area contributed by atoms with Crippen LogP contribution in [0.15, 0.2) is 36.5 Å². The fraction of sp³-hybridized carbons (Fsp3) is 0.348. The van der Waals surface area contributed by atoms with Crippen LogP contribution in [-0.4, -0.2) is 71.8 Å². The number of methoxy groups -OCH3 is 2. The lowest BCUT2D eigenvalue weighted by molar-refractivity contribution is -0.137. The van der Waals surface area contributed by atoms with Gasteiger partial charge in [0.15, 0.2) is 0 Å². The highest BCUT2D eigenvalue weighted by Crippen LogP contribution is 2.36. The number of carboxylic acids is 1. The third kappa shape index (κ3) is 6.49. The number of halogens is 3. The minimum atomic E-state index is -4.53. The number of alkyl halides is 3. The molecule has 0 aliphatic carbocycles. The van der Waals surface area contributed by atoms with Crippen molar-refractivity contribution in [3.8, 4) is 22.8 Å². The second-order valence-corrected chi connectivity index (χ2v) is 7.92. The molecule has 1 unspecified atom stereocenters. The Morgan fingerprint density at radius 2 is 1.78 bits per heavy atom. The minimum absolute atomic E-state index is 0.127. The van der Waals surface area contributed by atoms with Crippen LogP contribution in [0.1, 0.15) is 11.3 Å². The fourth-order valence-corrected chi connectivity index (χ4v) is 3.36. The topological polar surface area (TPSA) is 123 Å². The Morgan fingerprint density at radius 3 is 2.28 bits per heavy atom. The zero-order valence-electron chi connectivity index (χ0n) is 20.0. The molecule has 0 saturated carbocycles. The van der Waals surface area contributed by atoms with E-state index in [4.69, 9.17) is 9.47 Å². The molecule has 0 aliphatic rings. The average Bonchev–Trinajstić information content (AvgIpc) is 2.83. The molecular formula is C23H25F3N6O4. The van der Waals surface area contributed by atoms with Gasteiger partial charge in [-0.25, -0.2) is 9.78 Å². The number of aliphatic carboxylic acids is 1. The summed E-state index contributed by atoms with van der Waals surface area (Å²) in [5, 5.41) is 20.6. The van der Waals surface area contributed by atoms with Crippen LogP contribution in [0.25, 0.3) is 11.3 Å². The van der Waals surface area contributed by atoms with E-state index < -0.39 is 24.6 Å². The third-order valence-electron chi connectivity index (χ3n) is 5.07. The van der Waals surface area contributed by atoms with Crippen molar-refractivity contribution in [3.63, 3.8) is 0 Å². The molecule has 0 fully saturated rings. The van der Waals surface area contributed by atoms with Gasteiger partial charge in [0.25, 0.3) is 0 Å². The summed E-state index contributed by atoms with van der Waals surface area (Å²) in [5.41, 5.74) is 1.03. The Labute approximate surface area is 205 Å². The van der Waals surface area contributed by atoms with Crippen molar-refractivity contribution in [2.45, 2.75) is 25.1 Å². The first-order valence-corrected chi connectivity index (χ1v) is 10.7. The van der Waals surface area contributed by atoms with E-state index in [0.717, 1.165) is 6.20 Å². The molecule has 0 aliphatic heterocycles. The Morgan fingerprint density at radius 1 is 1.11 bits per heavy atom. The summed E-state index contributed by atoms with van der Waals surface area (Å²) < 4.78 is 49.9. The maximum atomic E-state index is 13.1. The first-order chi connectivity index (χ1) is 17.0. The molecule has 192 valence electrons. The number of hydrogen-bond donors (Lipinski definition) is 2. The van der Waals surface area contributed by atoms with E-state index in [1.165, 1.54) is 19.1 Å². The van der Waals surface area contributed by atoms with Crippen molar-refractivity contribution >= 4 is 17.7 Å². The van der Waals surface area contributed by atoms with Gasteiger partial charge in [-0.3, -0.25) is 0 Å². The van der Waals surface area contributed by atoms with Crippen LogP contribution in [0.5, 0.6) is 11.5 Å². The molecule has 3 rings (SSSR count). The van der Waals surface area contributed by atoms with E-state index in [-0.39, 0.29) is 23.8 Å². The molecular weight excluding hydrogens is 481 g/mol. The first-order valence-electron chi connectivity index (χ1n) is 10.7. The van der Waals surface area contributed by atoms with Crippen molar-refractivity contribution in [2.75, 3.05) is 38.5 Å². The smallest absolute Gasteiger partial charge is 0.393 e. The summed E-state index contributed by atoms with van der Waals surface area (Å²) in [6.45, 7) is 0. The zero-order valence-corrected chi connectivity index (χ0v) is 20.0. The molecule has 0 saturated heterocycles. The quantitative estimate of drug-likeness (QED) is 0.424. The maximum absolute atomic E-state index is 13.1. The predicted molar refractivity (Wildman–Crippen MR) is 125 cm³/mol. The lowest BCUT2D eigenvalue weighted by Crippen LogP contribution is -2.33. The number of rotatable bonds is 10. The van der Waals surface area contributed by atoms with Crippen LogP contribution >= 0.6 is 0 Å². The second kappa shape index (κ2) is 11.1. The van der Waals surface area contributed by atoms with Crippen LogP contribution in [0.4, 0.5) is 24.9 Å². The number of ether oxygens (including phenoxy) is 2. The molecule has 10 nitrogen and oxygen atoms in total. The summed E-state index contributed by atoms with van der Waals surface area (Å²) in [4.78, 5) is 21.5. The Balaban J connectivity index is 1.88. The highest BCUT2D eigenvalue weighted by molar-refractivity contribution is 5.78. The molecule has 3 aromatic rings. The molecule has 0 bridgehead atoms. The van der Waals surface area contributed by atoms with Gasteiger partial charge in [0.1, 0.15) is 29.1 Å². The maximum Gasteiger partial charge on any atom is 0.393 e. The first kappa shape index (κ1) is 26.4. The highest BCUT2D eigenvalue weighted by atomic mass is 19.4. The van der Waals surface area contributed by atoms with Crippen LogP contribution in [0.3, 0.4) is 0 Å². The van der Waals surface area contributed by atoms with Crippen LogP contribution < -0.4 is 19.7 Å². The second-order valence-electron chi connectivity index (χ2n) is 7.92. The molecule has 1 aromatic carbocycles. The fourth-order valence-electron chi connectivity index (χ4n) is 3.36. The van der Waals surface area contributed by atoms with Crippen molar-refractivity contribution in [3.05, 3.63) is 47.8 Å². The number of anilines is 2. The molecule has 2 aromatic heterocycles. The van der Waals surface area contributed by atoms with Gasteiger partial charge < -0.3 is 24.8 Å². The van der Waals surface area contributed by atoms with Gasteiger partial charge in [-0.15, -0.1) is 5.10 Å². The SMILES string of the molecule is COc1cccc(OC)c1-c1ccc(CC(Nc2nc(N(C)C)ncc2CC(F)(F)F)C(=O)O)nn1. The molecule has 36 heavy (non-hydrogen) atoms. The van der Waals surface area contributed by atoms with Gasteiger partial charge in [-0.1, -0.05) is 6.07 Å². The summed E-state index contributed by atoms with van der Waals surface area (Å²) >= 11 is 0. The highest BCUT2D eigenvalue weighted by Gasteiger charge is 2.31. The van der Waals surface area contributed by atoms with Gasteiger partial charge in [0.2, 0.25) is 5.95 Å². The van der Waals surface area contributed by atoms with E-state index in [1.807, 2.05) is 0 Å². The number of aromatic nitrogens is 4. The van der Waals surface area contributed by atoms with Gasteiger partial charge in [0, 0.05) is 32.3 Å². The molecule has 0 radical (unpaired) electrons. The number of carbonyl (C=O) groups is 1. The van der Waals surface area contributed by atoms with E-state index in [9.17, 15) is 23.1 Å². The standard InChI is InChI=1S/C23H25F3N6O4/c1-32(2)22-27-12-13(11-23(24,25)26)20(29-22)28-16(21(33)34)10-14-8-9-15(31-30-14)19-17(35-3)6-5-7-18(19)36-4/h5-9,12,16H,10-11H2,1-4H3,(H,33,34)(H,27,28,29). The number of nitrogens with one attached hydrogen (secondary N) is 1. The lowest BCUT2D eigenvalue weighted by atomic mass is 10.1. The zero-order chi connectivity index (χ0) is 26.5. The molecule has 1 atom stereocenters.